The Morgan fingerprint density at radius 3 is 2.59 bits per heavy atom. The number of nitro groups is 1. The lowest BCUT2D eigenvalue weighted by Gasteiger charge is -2.15. The molecule has 3 aromatic rings. The van der Waals surface area contributed by atoms with Crippen molar-refractivity contribution in [1.29, 1.82) is 0 Å². The monoisotopic (exact) mass is 375 g/mol. The number of aromatic nitrogens is 2. The highest BCUT2D eigenvalue weighted by Gasteiger charge is 2.26. The first-order chi connectivity index (χ1) is 12.8. The number of ether oxygens (including phenoxy) is 1. The van der Waals surface area contributed by atoms with Crippen LogP contribution in [0.2, 0.25) is 0 Å². The van der Waals surface area contributed by atoms with Crippen molar-refractivity contribution >= 4 is 22.7 Å². The predicted octanol–water partition coefficient (Wildman–Crippen LogP) is 4.57. The Hall–Kier alpha value is -3.36. The van der Waals surface area contributed by atoms with E-state index in [2.05, 4.69) is 4.98 Å². The molecule has 0 bridgehead atoms. The number of hydrogen-bond donors (Lipinski definition) is 0. The summed E-state index contributed by atoms with van der Waals surface area (Å²) in [5, 5.41) is 11.0. The van der Waals surface area contributed by atoms with Crippen molar-refractivity contribution in [3.8, 4) is 0 Å². The Balaban J connectivity index is 1.94. The highest BCUT2D eigenvalue weighted by atomic mass is 19.3. The molecule has 1 heterocycles. The van der Waals surface area contributed by atoms with Crippen LogP contribution in [0.4, 0.5) is 14.5 Å². The molecule has 0 aliphatic heterocycles. The van der Waals surface area contributed by atoms with Crippen molar-refractivity contribution in [3.05, 3.63) is 69.5 Å². The number of nitrogens with zero attached hydrogens (tertiary/aromatic N) is 3. The zero-order valence-electron chi connectivity index (χ0n) is 14.4. The molecule has 9 heteroatoms. The largest absolute Gasteiger partial charge is 0.451 e. The molecule has 1 atom stereocenters. The van der Waals surface area contributed by atoms with Gasteiger partial charge in [-0.1, -0.05) is 18.2 Å². The number of carbonyl (C=O) groups is 1. The van der Waals surface area contributed by atoms with Gasteiger partial charge in [-0.25, -0.2) is 9.78 Å². The van der Waals surface area contributed by atoms with Crippen LogP contribution in [0.1, 0.15) is 41.3 Å². The first kappa shape index (κ1) is 18.4. The summed E-state index contributed by atoms with van der Waals surface area (Å²) in [6.07, 6.45) is -1.09. The number of benzene rings is 2. The molecule has 0 radical (unpaired) electrons. The standard InChI is InChI=1S/C18H15F2N3O4/c1-10-12(6-5-9-14(10)23(25)26)17(24)27-11(2)16-21-13-7-3-4-8-15(13)22(16)18(19)20/h3-9,11,18H,1-2H3. The van der Waals surface area contributed by atoms with Gasteiger partial charge in [-0.2, -0.15) is 8.78 Å². The third-order valence-electron chi connectivity index (χ3n) is 4.19. The minimum atomic E-state index is -2.87. The molecule has 7 nitrogen and oxygen atoms in total. The van der Waals surface area contributed by atoms with Gasteiger partial charge in [0, 0.05) is 11.6 Å². The molecule has 0 saturated heterocycles. The molecule has 140 valence electrons. The maximum Gasteiger partial charge on any atom is 0.339 e. The normalized spacial score (nSPS) is 12.3. The molecule has 0 fully saturated rings. The topological polar surface area (TPSA) is 87.3 Å². The number of halogens is 2. The number of para-hydroxylation sites is 2. The van der Waals surface area contributed by atoms with E-state index >= 15 is 0 Å². The number of hydrogen-bond acceptors (Lipinski definition) is 5. The summed E-state index contributed by atoms with van der Waals surface area (Å²) in [4.78, 5) is 27.0. The molecular formula is C18H15F2N3O4. The molecular weight excluding hydrogens is 360 g/mol. The summed E-state index contributed by atoms with van der Waals surface area (Å²) in [6, 6.07) is 10.4. The maximum atomic E-state index is 13.5. The number of imidazole rings is 1. The molecule has 3 rings (SSSR count). The molecule has 2 aromatic carbocycles. The number of alkyl halides is 2. The summed E-state index contributed by atoms with van der Waals surface area (Å²) >= 11 is 0. The number of esters is 1. The fourth-order valence-electron chi connectivity index (χ4n) is 2.87. The zero-order chi connectivity index (χ0) is 19.7. The van der Waals surface area contributed by atoms with Gasteiger partial charge in [0.25, 0.3) is 5.69 Å². The average Bonchev–Trinajstić information content (AvgIpc) is 3.01. The van der Waals surface area contributed by atoms with E-state index < -0.39 is 23.5 Å². The first-order valence-corrected chi connectivity index (χ1v) is 8.01. The summed E-state index contributed by atoms with van der Waals surface area (Å²) < 4.78 is 33.0. The van der Waals surface area contributed by atoms with Gasteiger partial charge in [0.2, 0.25) is 0 Å². The fourth-order valence-corrected chi connectivity index (χ4v) is 2.87. The minimum absolute atomic E-state index is 0.00393. The van der Waals surface area contributed by atoms with Crippen molar-refractivity contribution < 1.29 is 23.2 Å². The maximum absolute atomic E-state index is 13.5. The van der Waals surface area contributed by atoms with Crippen LogP contribution in [0.3, 0.4) is 0 Å². The number of nitro benzene ring substituents is 1. The molecule has 1 unspecified atom stereocenters. The number of rotatable bonds is 5. The number of fused-ring (bicyclic) bond motifs is 1. The fraction of sp³-hybridized carbons (Fsp3) is 0.222. The second kappa shape index (κ2) is 7.10. The van der Waals surface area contributed by atoms with E-state index in [1.54, 1.807) is 18.2 Å². The third kappa shape index (κ3) is 3.35. The molecule has 0 aliphatic rings. The zero-order valence-corrected chi connectivity index (χ0v) is 14.4. The predicted molar refractivity (Wildman–Crippen MR) is 92.6 cm³/mol. The second-order valence-corrected chi connectivity index (χ2v) is 5.86. The van der Waals surface area contributed by atoms with Crippen LogP contribution in [-0.4, -0.2) is 20.4 Å². The van der Waals surface area contributed by atoms with Crippen LogP contribution in [0.5, 0.6) is 0 Å². The van der Waals surface area contributed by atoms with Crippen LogP contribution in [0.25, 0.3) is 11.0 Å². The van der Waals surface area contributed by atoms with Crippen molar-refractivity contribution in [3.63, 3.8) is 0 Å². The van der Waals surface area contributed by atoms with Crippen LogP contribution in [-0.2, 0) is 4.74 Å². The molecule has 0 saturated carbocycles. The van der Waals surface area contributed by atoms with Gasteiger partial charge in [0.1, 0.15) is 0 Å². The van der Waals surface area contributed by atoms with E-state index in [0.29, 0.717) is 10.1 Å². The Morgan fingerprint density at radius 1 is 1.22 bits per heavy atom. The van der Waals surface area contributed by atoms with Crippen LogP contribution < -0.4 is 0 Å². The van der Waals surface area contributed by atoms with Gasteiger partial charge in [-0.15, -0.1) is 0 Å². The van der Waals surface area contributed by atoms with Crippen molar-refractivity contribution in [2.45, 2.75) is 26.5 Å². The van der Waals surface area contributed by atoms with E-state index in [9.17, 15) is 23.7 Å². The summed E-state index contributed by atoms with van der Waals surface area (Å²) in [5.41, 5.74) is 0.480. The molecule has 0 N–H and O–H groups in total. The lowest BCUT2D eigenvalue weighted by Crippen LogP contribution is -2.15. The van der Waals surface area contributed by atoms with Gasteiger partial charge in [0.05, 0.1) is 21.5 Å². The number of carbonyl (C=O) groups excluding carboxylic acids is 1. The van der Waals surface area contributed by atoms with Gasteiger partial charge in [-0.05, 0) is 32.0 Å². The van der Waals surface area contributed by atoms with Gasteiger partial charge in [-0.3, -0.25) is 14.7 Å². The van der Waals surface area contributed by atoms with Crippen molar-refractivity contribution in [2.75, 3.05) is 0 Å². The highest BCUT2D eigenvalue weighted by Crippen LogP contribution is 2.29. The lowest BCUT2D eigenvalue weighted by molar-refractivity contribution is -0.385. The molecule has 0 spiro atoms. The van der Waals surface area contributed by atoms with E-state index in [1.165, 1.54) is 38.1 Å². The molecule has 0 aliphatic carbocycles. The van der Waals surface area contributed by atoms with E-state index in [1.807, 2.05) is 0 Å². The van der Waals surface area contributed by atoms with Crippen molar-refractivity contribution in [1.82, 2.24) is 9.55 Å². The van der Waals surface area contributed by atoms with E-state index in [-0.39, 0.29) is 28.2 Å². The second-order valence-electron chi connectivity index (χ2n) is 5.86. The lowest BCUT2D eigenvalue weighted by atomic mass is 10.1. The smallest absolute Gasteiger partial charge is 0.339 e. The van der Waals surface area contributed by atoms with Crippen LogP contribution >= 0.6 is 0 Å². The van der Waals surface area contributed by atoms with Crippen LogP contribution in [0, 0.1) is 17.0 Å². The first-order valence-electron chi connectivity index (χ1n) is 8.01. The van der Waals surface area contributed by atoms with Gasteiger partial charge >= 0.3 is 12.5 Å². The van der Waals surface area contributed by atoms with Crippen LogP contribution in [0.15, 0.2) is 42.5 Å². The quantitative estimate of drug-likeness (QED) is 0.370. The molecule has 1 aromatic heterocycles. The van der Waals surface area contributed by atoms with E-state index in [0.717, 1.165) is 0 Å². The minimum Gasteiger partial charge on any atom is -0.451 e. The van der Waals surface area contributed by atoms with Gasteiger partial charge < -0.3 is 4.74 Å². The Kier molecular flexibility index (Phi) is 4.85. The molecule has 0 amide bonds. The van der Waals surface area contributed by atoms with Gasteiger partial charge in [0.15, 0.2) is 11.9 Å². The Labute approximate surface area is 152 Å². The van der Waals surface area contributed by atoms with E-state index in [4.69, 9.17) is 4.74 Å². The SMILES string of the molecule is Cc1c(C(=O)OC(C)c2nc3ccccc3n2C(F)F)cccc1[N+](=O)[O-]. The summed E-state index contributed by atoms with van der Waals surface area (Å²) in [6.45, 7) is -0.0218. The average molecular weight is 375 g/mol. The molecule has 27 heavy (non-hydrogen) atoms. The highest BCUT2D eigenvalue weighted by molar-refractivity contribution is 5.92. The summed E-state index contributed by atoms with van der Waals surface area (Å²) in [7, 11) is 0. The Morgan fingerprint density at radius 2 is 1.93 bits per heavy atom. The third-order valence-corrected chi connectivity index (χ3v) is 4.19. The summed E-state index contributed by atoms with van der Waals surface area (Å²) in [5.74, 6) is -0.959. The van der Waals surface area contributed by atoms with Crippen molar-refractivity contribution in [2.24, 2.45) is 0 Å². The Bertz CT molecular complexity index is 1030.